The van der Waals surface area contributed by atoms with Gasteiger partial charge in [-0.1, -0.05) is 18.2 Å². The Kier molecular flexibility index (Phi) is 5.20. The van der Waals surface area contributed by atoms with Crippen molar-refractivity contribution in [1.29, 1.82) is 0 Å². The maximum atomic E-state index is 13.0. The maximum Gasteiger partial charge on any atom is 0.289 e. The lowest BCUT2D eigenvalue weighted by Gasteiger charge is -2.35. The van der Waals surface area contributed by atoms with Gasteiger partial charge in [0.05, 0.1) is 0 Å². The Morgan fingerprint density at radius 1 is 1.00 bits per heavy atom. The summed E-state index contributed by atoms with van der Waals surface area (Å²) in [6.45, 7) is 3.34. The van der Waals surface area contributed by atoms with Crippen LogP contribution in [0.2, 0.25) is 0 Å². The third-order valence-corrected chi connectivity index (χ3v) is 4.99. The zero-order chi connectivity index (χ0) is 20.4. The summed E-state index contributed by atoms with van der Waals surface area (Å²) in [4.78, 5) is 28.7. The highest BCUT2D eigenvalue weighted by molar-refractivity contribution is 5.96. The van der Waals surface area contributed by atoms with Gasteiger partial charge in [0, 0.05) is 31.6 Å². The van der Waals surface area contributed by atoms with Gasteiger partial charge in [-0.3, -0.25) is 9.59 Å². The zero-order valence-corrected chi connectivity index (χ0v) is 16.0. The smallest absolute Gasteiger partial charge is 0.289 e. The van der Waals surface area contributed by atoms with E-state index in [0.717, 1.165) is 5.39 Å². The van der Waals surface area contributed by atoms with E-state index in [1.807, 2.05) is 24.3 Å². The zero-order valence-electron chi connectivity index (χ0n) is 16.0. The number of benzene rings is 2. The minimum atomic E-state index is -0.696. The van der Waals surface area contributed by atoms with E-state index >= 15 is 0 Å². The van der Waals surface area contributed by atoms with Crippen molar-refractivity contribution in [2.45, 2.75) is 13.0 Å². The highest BCUT2D eigenvalue weighted by atomic mass is 19.1. The molecule has 2 heterocycles. The van der Waals surface area contributed by atoms with Crippen molar-refractivity contribution in [1.82, 2.24) is 9.80 Å². The van der Waals surface area contributed by atoms with Gasteiger partial charge in [-0.05, 0) is 43.3 Å². The second-order valence-corrected chi connectivity index (χ2v) is 6.98. The highest BCUT2D eigenvalue weighted by Crippen LogP contribution is 2.21. The van der Waals surface area contributed by atoms with Crippen molar-refractivity contribution in [2.24, 2.45) is 0 Å². The van der Waals surface area contributed by atoms with Crippen LogP contribution in [0.15, 0.2) is 59.0 Å². The minimum Gasteiger partial charge on any atom is -0.481 e. The average Bonchev–Trinajstić information content (AvgIpc) is 3.18. The van der Waals surface area contributed by atoms with Gasteiger partial charge in [0.1, 0.15) is 17.1 Å². The van der Waals surface area contributed by atoms with E-state index in [2.05, 4.69) is 0 Å². The van der Waals surface area contributed by atoms with Gasteiger partial charge in [-0.25, -0.2) is 4.39 Å². The second kappa shape index (κ2) is 7.95. The van der Waals surface area contributed by atoms with Crippen LogP contribution in [0.5, 0.6) is 5.75 Å². The van der Waals surface area contributed by atoms with E-state index in [0.29, 0.717) is 43.3 Å². The first-order valence-corrected chi connectivity index (χ1v) is 9.50. The molecule has 0 bridgehead atoms. The molecule has 29 heavy (non-hydrogen) atoms. The molecular formula is C22H21FN2O4. The molecule has 1 atom stereocenters. The SMILES string of the molecule is CC(Oc1ccc(F)cc1)C(=O)N1CCN(C(=O)c2cc3ccccc3o2)CC1. The molecule has 1 fully saturated rings. The Morgan fingerprint density at radius 2 is 1.66 bits per heavy atom. The number of hydrogen-bond acceptors (Lipinski definition) is 4. The Balaban J connectivity index is 1.34. The molecule has 0 N–H and O–H groups in total. The molecule has 1 aliphatic heterocycles. The monoisotopic (exact) mass is 396 g/mol. The van der Waals surface area contributed by atoms with Crippen molar-refractivity contribution in [3.8, 4) is 5.75 Å². The largest absolute Gasteiger partial charge is 0.481 e. The lowest BCUT2D eigenvalue weighted by Crippen LogP contribution is -2.53. The predicted octanol–water partition coefficient (Wildman–Crippen LogP) is 3.32. The van der Waals surface area contributed by atoms with E-state index in [1.54, 1.807) is 22.8 Å². The third kappa shape index (κ3) is 4.08. The molecular weight excluding hydrogens is 375 g/mol. The summed E-state index contributed by atoms with van der Waals surface area (Å²) in [5.41, 5.74) is 0.677. The molecule has 1 aliphatic rings. The normalized spacial score (nSPS) is 15.4. The molecule has 3 aromatic rings. The fraction of sp³-hybridized carbons (Fsp3) is 0.273. The lowest BCUT2D eigenvalue weighted by atomic mass is 10.2. The number of rotatable bonds is 4. The van der Waals surface area contributed by atoms with E-state index in [9.17, 15) is 14.0 Å². The van der Waals surface area contributed by atoms with E-state index in [4.69, 9.17) is 9.15 Å². The van der Waals surface area contributed by atoms with Crippen molar-refractivity contribution in [3.05, 3.63) is 66.2 Å². The molecule has 6 nitrogen and oxygen atoms in total. The summed E-state index contributed by atoms with van der Waals surface area (Å²) in [6, 6.07) is 14.8. The molecule has 1 unspecified atom stereocenters. The molecule has 1 aromatic heterocycles. The van der Waals surface area contributed by atoms with Crippen LogP contribution in [-0.4, -0.2) is 53.9 Å². The molecule has 0 radical (unpaired) electrons. The number of fused-ring (bicyclic) bond motifs is 1. The van der Waals surface area contributed by atoms with Gasteiger partial charge >= 0.3 is 0 Å². The van der Waals surface area contributed by atoms with Crippen molar-refractivity contribution < 1.29 is 23.1 Å². The second-order valence-electron chi connectivity index (χ2n) is 6.98. The average molecular weight is 396 g/mol. The topological polar surface area (TPSA) is 63.0 Å². The number of piperazine rings is 1. The molecule has 0 aliphatic carbocycles. The fourth-order valence-electron chi connectivity index (χ4n) is 3.40. The Labute approximate surface area is 167 Å². The molecule has 1 saturated heterocycles. The Morgan fingerprint density at radius 3 is 2.34 bits per heavy atom. The van der Waals surface area contributed by atoms with Gasteiger partial charge in [0.15, 0.2) is 11.9 Å². The van der Waals surface area contributed by atoms with Crippen molar-refractivity contribution >= 4 is 22.8 Å². The number of carbonyl (C=O) groups is 2. The van der Waals surface area contributed by atoms with Crippen LogP contribution in [-0.2, 0) is 4.79 Å². The molecule has 150 valence electrons. The number of furan rings is 1. The molecule has 2 amide bonds. The molecule has 2 aromatic carbocycles. The summed E-state index contributed by atoms with van der Waals surface area (Å²) >= 11 is 0. The molecule has 7 heteroatoms. The first-order chi connectivity index (χ1) is 14.0. The van der Waals surface area contributed by atoms with Crippen LogP contribution in [0, 0.1) is 5.82 Å². The van der Waals surface area contributed by atoms with Crippen LogP contribution in [0.1, 0.15) is 17.5 Å². The summed E-state index contributed by atoms with van der Waals surface area (Å²) < 4.78 is 24.2. The Bertz CT molecular complexity index is 990. The van der Waals surface area contributed by atoms with Crippen molar-refractivity contribution in [2.75, 3.05) is 26.2 Å². The van der Waals surface area contributed by atoms with E-state index < -0.39 is 6.10 Å². The first kappa shape index (κ1) is 19.0. The van der Waals surface area contributed by atoms with Gasteiger partial charge in [-0.15, -0.1) is 0 Å². The van der Waals surface area contributed by atoms with Crippen molar-refractivity contribution in [3.63, 3.8) is 0 Å². The molecule has 0 spiro atoms. The van der Waals surface area contributed by atoms with Crippen LogP contribution < -0.4 is 4.74 Å². The number of carbonyl (C=O) groups excluding carboxylic acids is 2. The lowest BCUT2D eigenvalue weighted by molar-refractivity contribution is -0.139. The third-order valence-electron chi connectivity index (χ3n) is 4.99. The molecule has 0 saturated carbocycles. The van der Waals surface area contributed by atoms with Crippen LogP contribution in [0.4, 0.5) is 4.39 Å². The Hall–Kier alpha value is -3.35. The van der Waals surface area contributed by atoms with Gasteiger partial charge in [-0.2, -0.15) is 0 Å². The standard InChI is InChI=1S/C22H21FN2O4/c1-15(28-18-8-6-17(23)7-9-18)21(26)24-10-12-25(13-11-24)22(27)20-14-16-4-2-3-5-19(16)29-20/h2-9,14-15H,10-13H2,1H3. The number of hydrogen-bond donors (Lipinski definition) is 0. The summed E-state index contributed by atoms with van der Waals surface area (Å²) in [7, 11) is 0. The van der Waals surface area contributed by atoms with E-state index in [1.165, 1.54) is 24.3 Å². The number of ether oxygens (including phenoxy) is 1. The number of para-hydroxylation sites is 1. The van der Waals surface area contributed by atoms with Crippen LogP contribution in [0.3, 0.4) is 0 Å². The van der Waals surface area contributed by atoms with E-state index in [-0.39, 0.29) is 17.6 Å². The number of amides is 2. The maximum absolute atomic E-state index is 13.0. The number of nitrogens with zero attached hydrogens (tertiary/aromatic N) is 2. The van der Waals surface area contributed by atoms with Gasteiger partial charge in [0.2, 0.25) is 0 Å². The summed E-state index contributed by atoms with van der Waals surface area (Å²) in [5, 5.41) is 0.886. The van der Waals surface area contributed by atoms with Crippen LogP contribution in [0.25, 0.3) is 11.0 Å². The fourth-order valence-corrected chi connectivity index (χ4v) is 3.40. The first-order valence-electron chi connectivity index (χ1n) is 9.50. The van der Waals surface area contributed by atoms with Gasteiger partial charge < -0.3 is 19.0 Å². The quantitative estimate of drug-likeness (QED) is 0.679. The van der Waals surface area contributed by atoms with Crippen LogP contribution >= 0.6 is 0 Å². The summed E-state index contributed by atoms with van der Waals surface area (Å²) in [5.74, 6) is 0.0422. The van der Waals surface area contributed by atoms with Gasteiger partial charge in [0.25, 0.3) is 11.8 Å². The predicted molar refractivity (Wildman–Crippen MR) is 105 cm³/mol. The molecule has 4 rings (SSSR count). The number of halogens is 1. The summed E-state index contributed by atoms with van der Waals surface area (Å²) in [6.07, 6.45) is -0.696. The minimum absolute atomic E-state index is 0.162. The highest BCUT2D eigenvalue weighted by Gasteiger charge is 2.29.